The van der Waals surface area contributed by atoms with Crippen molar-refractivity contribution in [2.24, 2.45) is 5.92 Å². The number of aryl methyl sites for hydroxylation is 1. The fourth-order valence-corrected chi connectivity index (χ4v) is 5.45. The molecule has 1 aliphatic heterocycles. The third-order valence-corrected chi connectivity index (χ3v) is 7.13. The molecule has 2 aliphatic rings. The number of halogens is 2. The van der Waals surface area contributed by atoms with Crippen LogP contribution in [0.3, 0.4) is 0 Å². The van der Waals surface area contributed by atoms with Gasteiger partial charge in [-0.2, -0.15) is 0 Å². The molecule has 184 valence electrons. The van der Waals surface area contributed by atoms with Gasteiger partial charge in [0.1, 0.15) is 0 Å². The second-order valence-corrected chi connectivity index (χ2v) is 9.54. The highest BCUT2D eigenvalue weighted by atomic mass is 35.5. The van der Waals surface area contributed by atoms with Gasteiger partial charge in [-0.3, -0.25) is 4.39 Å². The van der Waals surface area contributed by atoms with E-state index in [0.29, 0.717) is 17.9 Å². The number of hydrogen-bond donors (Lipinski definition) is 2. The Morgan fingerprint density at radius 3 is 2.57 bits per heavy atom. The van der Waals surface area contributed by atoms with Crippen LogP contribution in [0.4, 0.5) is 4.39 Å². The summed E-state index contributed by atoms with van der Waals surface area (Å²) < 4.78 is 12.4. The molecule has 4 nitrogen and oxygen atoms in total. The van der Waals surface area contributed by atoms with Crippen molar-refractivity contribution in [1.29, 1.82) is 0 Å². The average Bonchev–Trinajstić information content (AvgIpc) is 3.29. The Labute approximate surface area is 212 Å². The number of carbonyl (C=O) groups is 1. The van der Waals surface area contributed by atoms with Crippen molar-refractivity contribution in [2.45, 2.75) is 32.1 Å². The number of H-pyrrole nitrogens is 1. The van der Waals surface area contributed by atoms with E-state index in [1.807, 2.05) is 24.4 Å². The Hall–Kier alpha value is -2.89. The van der Waals surface area contributed by atoms with E-state index >= 15 is 0 Å². The van der Waals surface area contributed by atoms with Crippen molar-refractivity contribution in [2.75, 3.05) is 26.3 Å². The predicted octanol–water partition coefficient (Wildman–Crippen LogP) is 6.26. The zero-order valence-corrected chi connectivity index (χ0v) is 20.6. The van der Waals surface area contributed by atoms with Gasteiger partial charge in [0.2, 0.25) is 0 Å². The van der Waals surface area contributed by atoms with Crippen molar-refractivity contribution >= 4 is 29.5 Å². The van der Waals surface area contributed by atoms with Crippen LogP contribution in [0.5, 0.6) is 0 Å². The number of benzene rings is 2. The van der Waals surface area contributed by atoms with Crippen LogP contribution >= 0.6 is 12.4 Å². The van der Waals surface area contributed by atoms with Crippen LogP contribution in [-0.4, -0.2) is 47.3 Å². The van der Waals surface area contributed by atoms with Gasteiger partial charge in [0.05, 0.1) is 12.2 Å². The summed E-state index contributed by atoms with van der Waals surface area (Å²) in [5.41, 5.74) is 8.66. The fraction of sp³-hybridized carbons (Fsp3) is 0.345. The van der Waals surface area contributed by atoms with Gasteiger partial charge in [-0.15, -0.1) is 12.4 Å². The lowest BCUT2D eigenvalue weighted by Gasteiger charge is -2.39. The van der Waals surface area contributed by atoms with Crippen molar-refractivity contribution in [3.05, 3.63) is 94.3 Å². The third-order valence-electron chi connectivity index (χ3n) is 7.13. The maximum atomic E-state index is 12.4. The number of fused-ring (bicyclic) bond motifs is 1. The van der Waals surface area contributed by atoms with Gasteiger partial charge in [-0.25, -0.2) is 4.79 Å². The van der Waals surface area contributed by atoms with Crippen LogP contribution in [0.2, 0.25) is 0 Å². The van der Waals surface area contributed by atoms with Crippen LogP contribution in [0.25, 0.3) is 11.1 Å². The van der Waals surface area contributed by atoms with E-state index in [9.17, 15) is 14.3 Å². The van der Waals surface area contributed by atoms with E-state index in [0.717, 1.165) is 67.7 Å². The minimum Gasteiger partial charge on any atom is -0.478 e. The quantitative estimate of drug-likeness (QED) is 0.388. The van der Waals surface area contributed by atoms with Crippen LogP contribution < -0.4 is 0 Å². The second-order valence-electron chi connectivity index (χ2n) is 9.54. The first-order chi connectivity index (χ1) is 16.6. The first kappa shape index (κ1) is 25.2. The number of nitrogens with one attached hydrogen (secondary N) is 1. The molecule has 0 unspecified atom stereocenters. The van der Waals surface area contributed by atoms with E-state index in [1.54, 1.807) is 6.07 Å². The number of rotatable bonds is 8. The van der Waals surface area contributed by atoms with E-state index < -0.39 is 5.97 Å². The van der Waals surface area contributed by atoms with E-state index in [-0.39, 0.29) is 19.1 Å². The molecule has 2 N–H and O–H groups in total. The van der Waals surface area contributed by atoms with Crippen LogP contribution in [-0.2, 0) is 12.8 Å². The predicted molar refractivity (Wildman–Crippen MR) is 141 cm³/mol. The summed E-state index contributed by atoms with van der Waals surface area (Å²) in [5.74, 6) is -0.238. The molecule has 3 aromatic rings. The molecule has 1 saturated heterocycles. The number of likely N-dealkylation sites (tertiary alicyclic amines) is 1. The van der Waals surface area contributed by atoms with Gasteiger partial charge >= 0.3 is 5.97 Å². The Bertz CT molecular complexity index is 1180. The average molecular weight is 495 g/mol. The van der Waals surface area contributed by atoms with Crippen molar-refractivity contribution < 1.29 is 14.3 Å². The van der Waals surface area contributed by atoms with Gasteiger partial charge < -0.3 is 15.0 Å². The standard InChI is InChI=1S/C29H31FN2O2.ClH/c30-13-3-15-32-18-21(19-32)16-20-7-9-22(10-8-20)28-25-12-11-24(29(33)34)17-23(25)4-1-5-26(28)27-6-2-14-31-27;/h2,6-12,14,17,21,31H,1,3-5,13,15-16,18-19H2,(H,33,34);1H. The Kier molecular flexibility index (Phi) is 8.09. The zero-order chi connectivity index (χ0) is 23.5. The number of aromatic nitrogens is 1. The van der Waals surface area contributed by atoms with Gasteiger partial charge in [-0.1, -0.05) is 30.3 Å². The van der Waals surface area contributed by atoms with Crippen LogP contribution in [0.15, 0.2) is 60.8 Å². The van der Waals surface area contributed by atoms with E-state index in [2.05, 4.69) is 40.2 Å². The monoisotopic (exact) mass is 494 g/mol. The van der Waals surface area contributed by atoms with Crippen molar-refractivity contribution in [3.8, 4) is 0 Å². The first-order valence-corrected chi connectivity index (χ1v) is 12.2. The van der Waals surface area contributed by atoms with Gasteiger partial charge in [0.15, 0.2) is 0 Å². The van der Waals surface area contributed by atoms with Crippen LogP contribution in [0, 0.1) is 5.92 Å². The number of nitrogens with zero attached hydrogens (tertiary/aromatic N) is 1. The largest absolute Gasteiger partial charge is 0.478 e. The number of allylic oxidation sites excluding steroid dienone is 1. The molecular formula is C29H32ClFN2O2. The summed E-state index contributed by atoms with van der Waals surface area (Å²) in [5, 5.41) is 9.49. The maximum absolute atomic E-state index is 12.4. The minimum atomic E-state index is -0.884. The maximum Gasteiger partial charge on any atom is 0.335 e. The molecule has 6 heteroatoms. The highest BCUT2D eigenvalue weighted by Gasteiger charge is 2.26. The number of alkyl halides is 1. The van der Waals surface area contributed by atoms with Gasteiger partial charge in [0.25, 0.3) is 0 Å². The summed E-state index contributed by atoms with van der Waals surface area (Å²) in [6.45, 7) is 2.75. The molecule has 0 bridgehead atoms. The molecule has 0 amide bonds. The lowest BCUT2D eigenvalue weighted by molar-refractivity contribution is 0.0696. The number of hydrogen-bond acceptors (Lipinski definition) is 2. The fourth-order valence-electron chi connectivity index (χ4n) is 5.45. The highest BCUT2D eigenvalue weighted by molar-refractivity contribution is 6.00. The molecule has 2 aromatic carbocycles. The van der Waals surface area contributed by atoms with E-state index in [4.69, 9.17) is 0 Å². The molecular weight excluding hydrogens is 463 g/mol. The molecule has 35 heavy (non-hydrogen) atoms. The Morgan fingerprint density at radius 1 is 1.09 bits per heavy atom. The topological polar surface area (TPSA) is 56.3 Å². The third kappa shape index (κ3) is 5.52. The SMILES string of the molecule is Cl.O=C(O)c1ccc2c(c1)CCCC(c1ccc[nH]1)=C2c1ccc(CC2CN(CCCF)C2)cc1. The molecule has 2 heterocycles. The molecule has 1 aliphatic carbocycles. The Morgan fingerprint density at radius 2 is 1.89 bits per heavy atom. The molecule has 1 aromatic heterocycles. The number of carboxylic acid groups (broad SMARTS) is 1. The Balaban J connectivity index is 0.00000289. The normalized spacial score (nSPS) is 16.3. The molecule has 0 saturated carbocycles. The number of carboxylic acids is 1. The lowest BCUT2D eigenvalue weighted by Crippen LogP contribution is -2.47. The zero-order valence-electron chi connectivity index (χ0n) is 19.8. The van der Waals surface area contributed by atoms with Crippen LogP contribution in [0.1, 0.15) is 57.6 Å². The number of aromatic carboxylic acids is 1. The van der Waals surface area contributed by atoms with Gasteiger partial charge in [0, 0.05) is 31.5 Å². The molecule has 0 radical (unpaired) electrons. The molecule has 5 rings (SSSR count). The summed E-state index contributed by atoms with van der Waals surface area (Å²) in [4.78, 5) is 17.3. The summed E-state index contributed by atoms with van der Waals surface area (Å²) in [6, 6.07) is 18.6. The smallest absolute Gasteiger partial charge is 0.335 e. The van der Waals surface area contributed by atoms with Crippen molar-refractivity contribution in [3.63, 3.8) is 0 Å². The molecule has 1 fully saturated rings. The lowest BCUT2D eigenvalue weighted by atomic mass is 9.87. The van der Waals surface area contributed by atoms with Crippen molar-refractivity contribution in [1.82, 2.24) is 9.88 Å². The highest BCUT2D eigenvalue weighted by Crippen LogP contribution is 2.39. The van der Waals surface area contributed by atoms with Gasteiger partial charge in [-0.05, 0) is 95.7 Å². The van der Waals surface area contributed by atoms with E-state index in [1.165, 1.54) is 16.7 Å². The minimum absolute atomic E-state index is 0. The summed E-state index contributed by atoms with van der Waals surface area (Å²) in [7, 11) is 0. The first-order valence-electron chi connectivity index (χ1n) is 12.2. The second kappa shape index (κ2) is 11.2. The molecule has 0 spiro atoms. The summed E-state index contributed by atoms with van der Waals surface area (Å²) in [6.07, 6.45) is 6.42. The molecule has 0 atom stereocenters. The number of aromatic amines is 1. The summed E-state index contributed by atoms with van der Waals surface area (Å²) >= 11 is 0.